The van der Waals surface area contributed by atoms with Crippen LogP contribution in [0, 0.1) is 12.8 Å². The van der Waals surface area contributed by atoms with Crippen molar-refractivity contribution in [3.8, 4) is 5.69 Å². The van der Waals surface area contributed by atoms with Crippen LogP contribution in [0.2, 0.25) is 5.02 Å². The maximum absolute atomic E-state index is 13.6. The molecule has 2 atom stereocenters. The third kappa shape index (κ3) is 3.20. The second kappa shape index (κ2) is 7.30. The number of amides is 1. The van der Waals surface area contributed by atoms with Crippen LogP contribution in [0.15, 0.2) is 47.3 Å². The van der Waals surface area contributed by atoms with Crippen LogP contribution in [0.3, 0.4) is 0 Å². The van der Waals surface area contributed by atoms with Gasteiger partial charge in [-0.25, -0.2) is 4.98 Å². The molecule has 6 rings (SSSR count). The normalized spacial score (nSPS) is 20.3. The lowest BCUT2D eigenvalue weighted by atomic mass is 9.98. The third-order valence-electron chi connectivity index (χ3n) is 6.16. The van der Waals surface area contributed by atoms with Gasteiger partial charge in [-0.15, -0.1) is 0 Å². The number of piperidine rings is 1. The summed E-state index contributed by atoms with van der Waals surface area (Å²) in [7, 11) is 0. The summed E-state index contributed by atoms with van der Waals surface area (Å²) in [6.45, 7) is 4.06. The van der Waals surface area contributed by atoms with Gasteiger partial charge in [-0.05, 0) is 37.5 Å². The molecule has 2 saturated heterocycles. The minimum atomic E-state index is -0.0106. The van der Waals surface area contributed by atoms with Gasteiger partial charge in [-0.3, -0.25) is 4.79 Å². The molecule has 2 aliphatic heterocycles. The topological polar surface area (TPSA) is 93.2 Å². The van der Waals surface area contributed by atoms with Crippen LogP contribution in [-0.2, 0) is 0 Å². The molecule has 0 saturated carbocycles. The van der Waals surface area contributed by atoms with E-state index in [1.165, 1.54) is 4.80 Å². The van der Waals surface area contributed by atoms with Crippen molar-refractivity contribution in [2.45, 2.75) is 19.4 Å². The van der Waals surface area contributed by atoms with E-state index in [1.54, 1.807) is 24.7 Å². The molecule has 0 radical (unpaired) electrons. The van der Waals surface area contributed by atoms with E-state index in [1.807, 2.05) is 30.0 Å². The van der Waals surface area contributed by atoms with Crippen LogP contribution < -0.4 is 4.90 Å². The number of halogens is 1. The van der Waals surface area contributed by atoms with Gasteiger partial charge in [0.2, 0.25) is 5.71 Å². The predicted octanol–water partition coefficient (Wildman–Crippen LogP) is 3.12. The van der Waals surface area contributed by atoms with E-state index in [9.17, 15) is 4.79 Å². The lowest BCUT2D eigenvalue weighted by Crippen LogP contribution is -2.45. The molecule has 3 aromatic heterocycles. The molecule has 0 unspecified atom stereocenters. The molecule has 0 spiro atoms. The molecule has 1 amide bonds. The number of rotatable bonds is 3. The largest absolute Gasteiger partial charge is 0.404 e. The Morgan fingerprint density at radius 3 is 2.84 bits per heavy atom. The van der Waals surface area contributed by atoms with Gasteiger partial charge >= 0.3 is 0 Å². The van der Waals surface area contributed by atoms with Crippen LogP contribution in [0.4, 0.5) is 6.01 Å². The van der Waals surface area contributed by atoms with Gasteiger partial charge in [0.25, 0.3) is 11.9 Å². The molecular weight excluding hydrogens is 430 g/mol. The second-order valence-corrected chi connectivity index (χ2v) is 8.87. The Labute approximate surface area is 188 Å². The minimum Gasteiger partial charge on any atom is -0.404 e. The number of anilines is 1. The summed E-state index contributed by atoms with van der Waals surface area (Å²) in [4.78, 5) is 28.0. The van der Waals surface area contributed by atoms with Crippen LogP contribution in [0.1, 0.15) is 22.3 Å². The highest BCUT2D eigenvalue weighted by Gasteiger charge is 2.42. The van der Waals surface area contributed by atoms with Crippen molar-refractivity contribution in [3.63, 3.8) is 0 Å². The maximum Gasteiger partial charge on any atom is 0.300 e. The van der Waals surface area contributed by atoms with Crippen molar-refractivity contribution < 1.29 is 9.21 Å². The molecule has 2 bridgehead atoms. The average molecular weight is 450 g/mol. The van der Waals surface area contributed by atoms with Gasteiger partial charge in [-0.1, -0.05) is 23.2 Å². The standard InChI is InChI=1S/C22H20ClN7O2/c1-13-2-3-19(30-25-4-5-26-30)17(6-13)21(31)28-10-14-7-16(12-28)29(11-14)22-27-18-8-15(23)9-24-20(18)32-22/h2-6,8-9,14,16H,7,10-12H2,1H3/t14-,16+/m0/s1. The maximum atomic E-state index is 13.6. The van der Waals surface area contributed by atoms with E-state index >= 15 is 0 Å². The van der Waals surface area contributed by atoms with Gasteiger partial charge in [0, 0.05) is 25.8 Å². The molecule has 2 aliphatic rings. The van der Waals surface area contributed by atoms with Gasteiger partial charge in [0.1, 0.15) is 5.52 Å². The van der Waals surface area contributed by atoms with Crippen molar-refractivity contribution >= 4 is 34.8 Å². The Morgan fingerprint density at radius 1 is 1.16 bits per heavy atom. The Balaban J connectivity index is 1.28. The van der Waals surface area contributed by atoms with Gasteiger partial charge in [-0.2, -0.15) is 20.0 Å². The van der Waals surface area contributed by atoms with Crippen molar-refractivity contribution in [1.29, 1.82) is 0 Å². The number of oxazole rings is 1. The smallest absolute Gasteiger partial charge is 0.300 e. The fourth-order valence-electron chi connectivity index (χ4n) is 4.78. The van der Waals surface area contributed by atoms with E-state index in [2.05, 4.69) is 25.1 Å². The number of pyridine rings is 1. The van der Waals surface area contributed by atoms with Crippen LogP contribution >= 0.6 is 11.6 Å². The number of carbonyl (C=O) groups excluding carboxylic acids is 1. The molecule has 32 heavy (non-hydrogen) atoms. The molecule has 4 aromatic rings. The highest BCUT2D eigenvalue weighted by molar-refractivity contribution is 6.31. The number of likely N-dealkylation sites (tertiary alicyclic amines) is 1. The molecule has 162 valence electrons. The lowest BCUT2D eigenvalue weighted by molar-refractivity contribution is 0.0693. The summed E-state index contributed by atoms with van der Waals surface area (Å²) >= 11 is 6.04. The van der Waals surface area contributed by atoms with Gasteiger partial charge in [0.15, 0.2) is 0 Å². The summed E-state index contributed by atoms with van der Waals surface area (Å²) in [6, 6.07) is 8.18. The van der Waals surface area contributed by atoms with E-state index < -0.39 is 0 Å². The van der Waals surface area contributed by atoms with E-state index in [4.69, 9.17) is 16.0 Å². The lowest BCUT2D eigenvalue weighted by Gasteiger charge is -2.32. The SMILES string of the molecule is Cc1ccc(-n2nccn2)c(C(=O)N2C[C@@H]3C[C@H](C2)N(c2nc4cc(Cl)cnc4o2)C3)c1. The van der Waals surface area contributed by atoms with Gasteiger partial charge < -0.3 is 14.2 Å². The Morgan fingerprint density at radius 2 is 2.00 bits per heavy atom. The number of hydrogen-bond acceptors (Lipinski definition) is 7. The summed E-state index contributed by atoms with van der Waals surface area (Å²) in [5, 5.41) is 8.95. The summed E-state index contributed by atoms with van der Waals surface area (Å²) in [6.07, 6.45) is 5.76. The van der Waals surface area contributed by atoms with E-state index in [-0.39, 0.29) is 11.9 Å². The first-order valence-corrected chi connectivity index (χ1v) is 10.9. The van der Waals surface area contributed by atoms with E-state index in [0.717, 1.165) is 18.5 Å². The molecule has 0 aliphatic carbocycles. The quantitative estimate of drug-likeness (QED) is 0.474. The van der Waals surface area contributed by atoms with Crippen molar-refractivity contribution in [3.05, 3.63) is 59.0 Å². The van der Waals surface area contributed by atoms with Gasteiger partial charge in [0.05, 0.1) is 34.7 Å². The first-order chi connectivity index (χ1) is 15.5. The highest BCUT2D eigenvalue weighted by Crippen LogP contribution is 2.35. The zero-order valence-electron chi connectivity index (χ0n) is 17.3. The van der Waals surface area contributed by atoms with Crippen molar-refractivity contribution in [2.24, 2.45) is 5.92 Å². The van der Waals surface area contributed by atoms with E-state index in [0.29, 0.717) is 52.5 Å². The number of aromatic nitrogens is 5. The van der Waals surface area contributed by atoms with Crippen molar-refractivity contribution in [1.82, 2.24) is 29.9 Å². The Hall–Kier alpha value is -3.46. The summed E-state index contributed by atoms with van der Waals surface area (Å²) in [5.74, 6) is 0.337. The second-order valence-electron chi connectivity index (χ2n) is 8.43. The number of fused-ring (bicyclic) bond motifs is 3. The number of aryl methyl sites for hydroxylation is 1. The predicted molar refractivity (Wildman–Crippen MR) is 118 cm³/mol. The first-order valence-electron chi connectivity index (χ1n) is 10.5. The number of nitrogens with zero attached hydrogens (tertiary/aromatic N) is 7. The zero-order chi connectivity index (χ0) is 21.8. The van der Waals surface area contributed by atoms with Crippen LogP contribution in [-0.4, -0.2) is 61.4 Å². The zero-order valence-corrected chi connectivity index (χ0v) is 18.1. The summed E-state index contributed by atoms with van der Waals surface area (Å²) in [5.41, 5.74) is 3.41. The number of benzene rings is 1. The molecule has 2 fully saturated rings. The monoisotopic (exact) mass is 449 g/mol. The van der Waals surface area contributed by atoms with Crippen LogP contribution in [0.5, 0.6) is 0 Å². The molecule has 10 heteroatoms. The molecule has 1 aromatic carbocycles. The summed E-state index contributed by atoms with van der Waals surface area (Å²) < 4.78 is 5.90. The Kier molecular flexibility index (Phi) is 4.39. The van der Waals surface area contributed by atoms with Crippen LogP contribution in [0.25, 0.3) is 16.9 Å². The fraction of sp³-hybridized carbons (Fsp3) is 0.318. The first kappa shape index (κ1) is 19.2. The highest BCUT2D eigenvalue weighted by atomic mass is 35.5. The molecular formula is C22H20ClN7O2. The number of hydrogen-bond donors (Lipinski definition) is 0. The third-order valence-corrected chi connectivity index (χ3v) is 6.37. The number of carbonyl (C=O) groups is 1. The minimum absolute atomic E-state index is 0.0106. The average Bonchev–Trinajstić information content (AvgIpc) is 3.51. The Bertz CT molecular complexity index is 1320. The molecule has 5 heterocycles. The molecule has 0 N–H and O–H groups in total. The fourth-order valence-corrected chi connectivity index (χ4v) is 4.93. The van der Waals surface area contributed by atoms with Crippen molar-refractivity contribution in [2.75, 3.05) is 24.5 Å². The molecule has 9 nitrogen and oxygen atoms in total.